The van der Waals surface area contributed by atoms with Crippen LogP contribution in [0.15, 0.2) is 180 Å². The Labute approximate surface area is 342 Å². The van der Waals surface area contributed by atoms with Crippen molar-refractivity contribution in [3.8, 4) is 39.5 Å². The molecule has 0 spiro atoms. The molecule has 2 aliphatic rings. The van der Waals surface area contributed by atoms with E-state index in [0.29, 0.717) is 0 Å². The highest BCUT2D eigenvalue weighted by atomic mass is 16.3. The van der Waals surface area contributed by atoms with E-state index in [0.717, 1.165) is 63.4 Å². The molecule has 59 heavy (non-hydrogen) atoms. The number of nitrogens with zero attached hydrogens (tertiary/aromatic N) is 3. The second-order valence-corrected chi connectivity index (χ2v) is 16.5. The summed E-state index contributed by atoms with van der Waals surface area (Å²) in [4.78, 5) is 10.1. The molecule has 0 unspecified atom stereocenters. The highest BCUT2D eigenvalue weighted by Gasteiger charge is 2.37. The van der Waals surface area contributed by atoms with Gasteiger partial charge in [-0.3, -0.25) is 0 Å². The molecule has 3 heterocycles. The van der Waals surface area contributed by atoms with Crippen LogP contribution in [0.1, 0.15) is 49.1 Å². The van der Waals surface area contributed by atoms with E-state index in [9.17, 15) is 0 Å². The Morgan fingerprint density at radius 3 is 1.86 bits per heavy atom. The summed E-state index contributed by atoms with van der Waals surface area (Å²) in [6.45, 7) is 4.71. The molecule has 4 nitrogen and oxygen atoms in total. The van der Waals surface area contributed by atoms with Gasteiger partial charge in [0.2, 0.25) is 0 Å². The van der Waals surface area contributed by atoms with Crippen LogP contribution in [0.3, 0.4) is 0 Å². The van der Waals surface area contributed by atoms with Gasteiger partial charge >= 0.3 is 0 Å². The number of fused-ring (bicyclic) bond motifs is 9. The summed E-state index contributed by atoms with van der Waals surface area (Å²) < 4.78 is 8.85. The summed E-state index contributed by atoms with van der Waals surface area (Å²) in [7, 11) is 0. The van der Waals surface area contributed by atoms with Gasteiger partial charge in [-0.2, -0.15) is 0 Å². The minimum absolute atomic E-state index is 0.195. The Kier molecular flexibility index (Phi) is 7.37. The number of aromatic nitrogens is 3. The topological polar surface area (TPSA) is 43.9 Å². The average molecular weight is 758 g/mol. The third-order valence-electron chi connectivity index (χ3n) is 12.7. The number of allylic oxidation sites excluding steroid dienone is 4. The summed E-state index contributed by atoms with van der Waals surface area (Å²) in [6, 6.07) is 58.7. The molecule has 0 bridgehead atoms. The molecule has 10 aromatic rings. The van der Waals surface area contributed by atoms with E-state index in [4.69, 9.17) is 14.4 Å². The molecule has 3 aromatic heterocycles. The molecule has 0 atom stereocenters. The van der Waals surface area contributed by atoms with Gasteiger partial charge in [0, 0.05) is 43.8 Å². The lowest BCUT2D eigenvalue weighted by atomic mass is 9.82. The molecular formula is C55H39N3O. The molecule has 0 N–H and O–H groups in total. The maximum absolute atomic E-state index is 6.40. The first-order chi connectivity index (χ1) is 29.0. The van der Waals surface area contributed by atoms with Crippen LogP contribution >= 0.6 is 0 Å². The van der Waals surface area contributed by atoms with Crippen molar-refractivity contribution in [1.82, 2.24) is 14.5 Å². The van der Waals surface area contributed by atoms with Crippen molar-refractivity contribution in [2.75, 3.05) is 0 Å². The van der Waals surface area contributed by atoms with Crippen LogP contribution in [0.25, 0.3) is 94.4 Å². The fraction of sp³-hybridized carbons (Fsp3) is 0.0909. The van der Waals surface area contributed by atoms with Gasteiger partial charge in [-0.05, 0) is 112 Å². The largest absolute Gasteiger partial charge is 0.456 e. The van der Waals surface area contributed by atoms with Crippen LogP contribution in [0.2, 0.25) is 0 Å². The lowest BCUT2D eigenvalue weighted by Gasteiger charge is -2.21. The molecule has 0 saturated carbocycles. The Hall–Kier alpha value is -7.30. The Bertz CT molecular complexity index is 3330. The monoisotopic (exact) mass is 757 g/mol. The van der Waals surface area contributed by atoms with Gasteiger partial charge in [0.05, 0.1) is 22.4 Å². The standard InChI is InChI=1S/C55H39N3O/c1-55(2)46-31-51-44(29-41(46)42-30-45-40-20-12-13-21-52(40)59-53(45)32-47(42)55)43-28-38(26-27-50(43)58(51)39-18-10-5-11-19-39)34-22-24-36(25-23-34)49-33-48(35-14-6-3-7-15-35)56-54(57-49)37-16-8-4-9-17-37/h3-22,24,26-33H,23,25H2,1-2H3. The lowest BCUT2D eigenvalue weighted by molar-refractivity contribution is 0.647. The van der Waals surface area contributed by atoms with E-state index in [1.165, 1.54) is 66.2 Å². The molecule has 0 aliphatic heterocycles. The quantitative estimate of drug-likeness (QED) is 0.176. The lowest BCUT2D eigenvalue weighted by Crippen LogP contribution is -2.15. The minimum Gasteiger partial charge on any atom is -0.456 e. The van der Waals surface area contributed by atoms with E-state index in [1.807, 2.05) is 30.3 Å². The molecule has 0 saturated heterocycles. The summed E-state index contributed by atoms with van der Waals surface area (Å²) in [5, 5.41) is 4.86. The Morgan fingerprint density at radius 1 is 0.475 bits per heavy atom. The van der Waals surface area contributed by atoms with Crippen molar-refractivity contribution in [1.29, 1.82) is 0 Å². The van der Waals surface area contributed by atoms with Crippen molar-refractivity contribution < 1.29 is 4.42 Å². The minimum atomic E-state index is -0.195. The predicted molar refractivity (Wildman–Crippen MR) is 244 cm³/mol. The number of rotatable bonds is 5. The van der Waals surface area contributed by atoms with Gasteiger partial charge in [-0.15, -0.1) is 0 Å². The van der Waals surface area contributed by atoms with E-state index < -0.39 is 0 Å². The molecule has 12 rings (SSSR count). The molecule has 0 fully saturated rings. The predicted octanol–water partition coefficient (Wildman–Crippen LogP) is 14.4. The zero-order valence-corrected chi connectivity index (χ0v) is 32.9. The van der Waals surface area contributed by atoms with Crippen molar-refractivity contribution in [3.63, 3.8) is 0 Å². The van der Waals surface area contributed by atoms with Crippen LogP contribution in [0, 0.1) is 0 Å². The van der Waals surface area contributed by atoms with Gasteiger partial charge in [0.1, 0.15) is 11.2 Å². The van der Waals surface area contributed by atoms with Gasteiger partial charge in [-0.25, -0.2) is 9.97 Å². The normalized spacial score (nSPS) is 14.5. The average Bonchev–Trinajstić information content (AvgIpc) is 3.90. The molecule has 7 aromatic carbocycles. The Morgan fingerprint density at radius 2 is 1.10 bits per heavy atom. The third-order valence-corrected chi connectivity index (χ3v) is 12.7. The molecule has 2 aliphatic carbocycles. The van der Waals surface area contributed by atoms with Crippen molar-refractivity contribution in [2.45, 2.75) is 32.1 Å². The number of benzene rings is 7. The highest BCUT2D eigenvalue weighted by molar-refractivity contribution is 6.14. The highest BCUT2D eigenvalue weighted by Crippen LogP contribution is 2.53. The summed E-state index contributed by atoms with van der Waals surface area (Å²) in [5.41, 5.74) is 18.4. The van der Waals surface area contributed by atoms with Gasteiger partial charge in [-0.1, -0.05) is 129 Å². The fourth-order valence-electron chi connectivity index (χ4n) is 9.69. The van der Waals surface area contributed by atoms with Gasteiger partial charge < -0.3 is 8.98 Å². The van der Waals surface area contributed by atoms with E-state index in [1.54, 1.807) is 0 Å². The first-order valence-electron chi connectivity index (χ1n) is 20.5. The number of para-hydroxylation sites is 2. The molecular weight excluding hydrogens is 719 g/mol. The second-order valence-electron chi connectivity index (χ2n) is 16.5. The van der Waals surface area contributed by atoms with Crippen molar-refractivity contribution in [3.05, 3.63) is 198 Å². The molecule has 0 radical (unpaired) electrons. The van der Waals surface area contributed by atoms with Gasteiger partial charge in [0.15, 0.2) is 5.82 Å². The van der Waals surface area contributed by atoms with Crippen LogP contribution in [-0.4, -0.2) is 14.5 Å². The van der Waals surface area contributed by atoms with Gasteiger partial charge in [0.25, 0.3) is 0 Å². The fourth-order valence-corrected chi connectivity index (χ4v) is 9.69. The maximum Gasteiger partial charge on any atom is 0.160 e. The summed E-state index contributed by atoms with van der Waals surface area (Å²) in [5.74, 6) is 0.748. The SMILES string of the molecule is CC1(C)c2cc3oc4ccccc4c3cc2-c2cc3c4cc(C5=CC=C(c6cc(-c7ccccc7)nc(-c7ccccc7)n6)CC5)ccc4n(-c4ccccc4)c3cc21. The smallest absolute Gasteiger partial charge is 0.160 e. The third kappa shape index (κ3) is 5.29. The van der Waals surface area contributed by atoms with Crippen LogP contribution in [0.5, 0.6) is 0 Å². The maximum atomic E-state index is 6.40. The van der Waals surface area contributed by atoms with E-state index in [2.05, 4.69) is 164 Å². The summed E-state index contributed by atoms with van der Waals surface area (Å²) in [6.07, 6.45) is 6.39. The summed E-state index contributed by atoms with van der Waals surface area (Å²) >= 11 is 0. The molecule has 4 heteroatoms. The van der Waals surface area contributed by atoms with Crippen LogP contribution < -0.4 is 0 Å². The Balaban J connectivity index is 1.00. The van der Waals surface area contributed by atoms with Crippen LogP contribution in [0.4, 0.5) is 0 Å². The number of furan rings is 1. The molecule has 0 amide bonds. The number of hydrogen-bond donors (Lipinski definition) is 0. The molecule has 280 valence electrons. The van der Waals surface area contributed by atoms with Crippen molar-refractivity contribution in [2.24, 2.45) is 0 Å². The van der Waals surface area contributed by atoms with E-state index >= 15 is 0 Å². The first kappa shape index (κ1) is 33.8. The number of hydrogen-bond acceptors (Lipinski definition) is 3. The zero-order chi connectivity index (χ0) is 39.2. The first-order valence-corrected chi connectivity index (χ1v) is 20.5. The van der Waals surface area contributed by atoms with Crippen LogP contribution in [-0.2, 0) is 5.41 Å². The van der Waals surface area contributed by atoms with Crippen molar-refractivity contribution >= 4 is 54.9 Å². The van der Waals surface area contributed by atoms with E-state index in [-0.39, 0.29) is 5.41 Å². The zero-order valence-electron chi connectivity index (χ0n) is 32.9. The second kappa shape index (κ2) is 12.9.